The van der Waals surface area contributed by atoms with E-state index in [-0.39, 0.29) is 31.0 Å². The third kappa shape index (κ3) is 4.96. The van der Waals surface area contributed by atoms with Crippen LogP contribution >= 0.6 is 22.6 Å². The molecule has 1 N–H and O–H groups in total. The largest absolute Gasteiger partial charge is 0.477 e. The molecule has 0 aliphatic rings. The van der Waals surface area contributed by atoms with Gasteiger partial charge in [-0.1, -0.05) is 41.5 Å². The van der Waals surface area contributed by atoms with Crippen LogP contribution in [-0.4, -0.2) is 30.6 Å². The Balaban J connectivity index is 2.76. The van der Waals surface area contributed by atoms with E-state index in [0.29, 0.717) is 12.1 Å². The number of pyridine rings is 1. The number of carbonyl (C=O) groups is 1. The number of benzene rings is 1. The smallest absolute Gasteiger partial charge is 0.341 e. The molecule has 0 fully saturated rings. The first-order valence-electron chi connectivity index (χ1n) is 9.88. The van der Waals surface area contributed by atoms with Crippen LogP contribution in [0.1, 0.15) is 57.9 Å². The Kier molecular flexibility index (Phi) is 6.96. The second kappa shape index (κ2) is 8.35. The summed E-state index contributed by atoms with van der Waals surface area (Å²) >= 11 is 1.81. The van der Waals surface area contributed by atoms with Crippen molar-refractivity contribution in [1.82, 2.24) is 4.57 Å². The summed E-state index contributed by atoms with van der Waals surface area (Å²) in [5, 5.41) is 9.82. The van der Waals surface area contributed by atoms with Gasteiger partial charge in [0.2, 0.25) is 5.43 Å². The van der Waals surface area contributed by atoms with E-state index in [1.54, 1.807) is 4.57 Å². The van der Waals surface area contributed by atoms with E-state index in [9.17, 15) is 19.1 Å². The molecule has 5 nitrogen and oxygen atoms in total. The molecule has 0 radical (unpaired) electrons. The maximum absolute atomic E-state index is 14.4. The van der Waals surface area contributed by atoms with Crippen LogP contribution in [0.5, 0.6) is 0 Å². The second-order valence-electron chi connectivity index (χ2n) is 10.3. The molecule has 1 unspecified atom stereocenters. The molecule has 0 saturated heterocycles. The topological polar surface area (TPSA) is 68.5 Å². The first-order valence-corrected chi connectivity index (χ1v) is 13.9. The van der Waals surface area contributed by atoms with Gasteiger partial charge in [-0.2, -0.15) is 0 Å². The van der Waals surface area contributed by atoms with Crippen molar-refractivity contribution in [2.24, 2.45) is 5.41 Å². The SMILES string of the molecule is CC(C)(C)C(CO[Si](C)(C)C(C)(C)C)n1cc(C(=O)O)c(=O)c2cc(I)c(F)cc21. The molecule has 8 heteroatoms. The van der Waals surface area contributed by atoms with E-state index in [1.165, 1.54) is 18.3 Å². The van der Waals surface area contributed by atoms with Gasteiger partial charge >= 0.3 is 5.97 Å². The van der Waals surface area contributed by atoms with Gasteiger partial charge in [0, 0.05) is 15.2 Å². The number of aromatic carboxylic acids is 1. The molecule has 0 amide bonds. The van der Waals surface area contributed by atoms with E-state index >= 15 is 0 Å². The summed E-state index contributed by atoms with van der Waals surface area (Å²) < 4.78 is 22.9. The lowest BCUT2D eigenvalue weighted by molar-refractivity contribution is 0.0693. The molecule has 2 aromatic rings. The predicted molar refractivity (Wildman–Crippen MR) is 129 cm³/mol. The van der Waals surface area contributed by atoms with Gasteiger partial charge in [0.1, 0.15) is 11.4 Å². The third-order valence-corrected chi connectivity index (χ3v) is 11.4. The third-order valence-electron chi connectivity index (χ3n) is 6.05. The van der Waals surface area contributed by atoms with Gasteiger partial charge in [-0.05, 0) is 58.3 Å². The minimum atomic E-state index is -2.08. The monoisotopic (exact) mass is 547 g/mol. The highest BCUT2D eigenvalue weighted by atomic mass is 127. The number of fused-ring (bicyclic) bond motifs is 1. The Hall–Kier alpha value is -1.26. The molecule has 0 saturated carbocycles. The summed E-state index contributed by atoms with van der Waals surface area (Å²) in [4.78, 5) is 24.5. The molecule has 0 bridgehead atoms. The van der Waals surface area contributed by atoms with E-state index in [4.69, 9.17) is 4.43 Å². The van der Waals surface area contributed by atoms with Crippen LogP contribution < -0.4 is 5.43 Å². The van der Waals surface area contributed by atoms with Crippen molar-refractivity contribution >= 4 is 47.8 Å². The Morgan fingerprint density at radius 1 is 1.23 bits per heavy atom. The van der Waals surface area contributed by atoms with E-state index in [0.717, 1.165) is 0 Å². The predicted octanol–water partition coefficient (Wildman–Crippen LogP) is 6.05. The molecule has 0 spiro atoms. The van der Waals surface area contributed by atoms with Gasteiger partial charge in [0.05, 0.1) is 18.2 Å². The number of hydrogen-bond donors (Lipinski definition) is 1. The van der Waals surface area contributed by atoms with Crippen molar-refractivity contribution in [2.45, 2.75) is 65.7 Å². The number of halogens is 2. The average Bonchev–Trinajstić information content (AvgIpc) is 2.56. The minimum Gasteiger partial charge on any atom is -0.477 e. The van der Waals surface area contributed by atoms with Crippen LogP contribution in [-0.2, 0) is 4.43 Å². The molecular formula is C22H31FINO4Si. The Morgan fingerprint density at radius 2 is 1.80 bits per heavy atom. The maximum Gasteiger partial charge on any atom is 0.341 e. The summed E-state index contributed by atoms with van der Waals surface area (Å²) in [6, 6.07) is 2.44. The minimum absolute atomic E-state index is 0.00941. The molecule has 1 aromatic carbocycles. The zero-order chi connectivity index (χ0) is 23.2. The van der Waals surface area contributed by atoms with Gasteiger partial charge in [0.15, 0.2) is 8.32 Å². The van der Waals surface area contributed by atoms with Gasteiger partial charge in [-0.3, -0.25) is 4.79 Å². The lowest BCUT2D eigenvalue weighted by Crippen LogP contribution is -2.43. The quantitative estimate of drug-likeness (QED) is 0.366. The molecule has 0 aliphatic heterocycles. The zero-order valence-electron chi connectivity index (χ0n) is 18.9. The molecule has 0 aliphatic carbocycles. The van der Waals surface area contributed by atoms with Crippen LogP contribution in [0.2, 0.25) is 18.1 Å². The summed E-state index contributed by atoms with van der Waals surface area (Å²) in [6.45, 7) is 17.2. The van der Waals surface area contributed by atoms with Crippen molar-refractivity contribution in [3.05, 3.63) is 43.5 Å². The highest BCUT2D eigenvalue weighted by Crippen LogP contribution is 2.40. The van der Waals surface area contributed by atoms with Gasteiger partial charge in [-0.25, -0.2) is 9.18 Å². The van der Waals surface area contributed by atoms with E-state index < -0.39 is 25.5 Å². The maximum atomic E-state index is 14.4. The fourth-order valence-corrected chi connectivity index (χ4v) is 4.48. The van der Waals surface area contributed by atoms with Gasteiger partial charge in [-0.15, -0.1) is 0 Å². The number of nitrogens with zero attached hydrogens (tertiary/aromatic N) is 1. The summed E-state index contributed by atoms with van der Waals surface area (Å²) in [5.41, 5.74) is -0.891. The van der Waals surface area contributed by atoms with Crippen molar-refractivity contribution in [1.29, 1.82) is 0 Å². The molecule has 166 valence electrons. The van der Waals surface area contributed by atoms with Gasteiger partial charge in [0.25, 0.3) is 0 Å². The number of hydrogen-bond acceptors (Lipinski definition) is 3. The van der Waals surface area contributed by atoms with Crippen molar-refractivity contribution in [3.8, 4) is 0 Å². The Labute approximate surface area is 191 Å². The molecule has 30 heavy (non-hydrogen) atoms. The first kappa shape index (κ1) is 25.0. The van der Waals surface area contributed by atoms with Crippen LogP contribution in [0.3, 0.4) is 0 Å². The standard InChI is InChI=1S/C22H31FINO4Si/c1-21(2,3)18(12-29-30(7,8)22(4,5)6)25-11-14(20(27)28)19(26)13-9-16(24)15(23)10-17(13)25/h9-11,18H,12H2,1-8H3,(H,27,28). The zero-order valence-corrected chi connectivity index (χ0v) is 22.0. The number of carboxylic acid groups (broad SMARTS) is 1. The molecule has 1 heterocycles. The van der Waals surface area contributed by atoms with E-state index in [2.05, 4.69) is 33.9 Å². The molecule has 2 rings (SSSR count). The summed E-state index contributed by atoms with van der Waals surface area (Å²) in [7, 11) is -2.08. The van der Waals surface area contributed by atoms with Crippen molar-refractivity contribution in [3.63, 3.8) is 0 Å². The lowest BCUT2D eigenvalue weighted by Gasteiger charge is -2.40. The lowest BCUT2D eigenvalue weighted by atomic mass is 9.86. The van der Waals surface area contributed by atoms with Crippen molar-refractivity contribution < 1.29 is 18.7 Å². The number of carboxylic acids is 1. The van der Waals surface area contributed by atoms with Crippen LogP contribution in [0.4, 0.5) is 4.39 Å². The number of aromatic nitrogens is 1. The summed E-state index contributed by atoms with van der Waals surface area (Å²) in [5.74, 6) is -1.75. The Morgan fingerprint density at radius 3 is 2.27 bits per heavy atom. The Bertz CT molecular complexity index is 1030. The van der Waals surface area contributed by atoms with Crippen LogP contribution in [0, 0.1) is 14.8 Å². The first-order chi connectivity index (χ1) is 13.5. The molecular weight excluding hydrogens is 516 g/mol. The van der Waals surface area contributed by atoms with E-state index in [1.807, 2.05) is 43.4 Å². The average molecular weight is 547 g/mol. The fourth-order valence-electron chi connectivity index (χ4n) is 3.01. The summed E-state index contributed by atoms with van der Waals surface area (Å²) in [6.07, 6.45) is 1.34. The second-order valence-corrected chi connectivity index (χ2v) is 16.3. The normalized spacial score (nSPS) is 14.2. The number of rotatable bonds is 5. The fraction of sp³-hybridized carbons (Fsp3) is 0.545. The van der Waals surface area contributed by atoms with Gasteiger partial charge < -0.3 is 14.1 Å². The highest BCUT2D eigenvalue weighted by molar-refractivity contribution is 14.1. The van der Waals surface area contributed by atoms with Crippen molar-refractivity contribution in [2.75, 3.05) is 6.61 Å². The van der Waals surface area contributed by atoms with Crippen LogP contribution in [0.15, 0.2) is 23.1 Å². The highest BCUT2D eigenvalue weighted by Gasteiger charge is 2.39. The molecule has 1 atom stereocenters. The van der Waals surface area contributed by atoms with Crippen LogP contribution in [0.25, 0.3) is 10.9 Å². The molecule has 1 aromatic heterocycles.